The van der Waals surface area contributed by atoms with E-state index in [1.165, 1.54) is 24.3 Å². The molecular weight excluding hydrogens is 222 g/mol. The van der Waals surface area contributed by atoms with Gasteiger partial charge < -0.3 is 11.1 Å². The minimum absolute atomic E-state index is 0.00546. The maximum Gasteiger partial charge on any atom is 0.269 e. The molecule has 3 N–H and O–H groups in total. The number of carbonyl (C=O) groups is 1. The minimum Gasteiger partial charge on any atom is -0.324 e. The number of rotatable bonds is 3. The van der Waals surface area contributed by atoms with Gasteiger partial charge in [-0.1, -0.05) is 0 Å². The molecule has 0 bridgehead atoms. The highest BCUT2D eigenvalue weighted by atomic mass is 16.6. The van der Waals surface area contributed by atoms with Gasteiger partial charge in [-0.15, -0.1) is 0 Å². The van der Waals surface area contributed by atoms with Crippen molar-refractivity contribution >= 4 is 17.3 Å². The quantitative estimate of drug-likeness (QED) is 0.611. The molecule has 1 amide bonds. The van der Waals surface area contributed by atoms with Gasteiger partial charge in [-0.2, -0.15) is 0 Å². The van der Waals surface area contributed by atoms with Crippen LogP contribution in [-0.4, -0.2) is 16.4 Å². The topological polar surface area (TPSA) is 98.3 Å². The zero-order chi connectivity index (χ0) is 12.5. The smallest absolute Gasteiger partial charge is 0.269 e. The second kappa shape index (κ2) is 4.14. The van der Waals surface area contributed by atoms with Crippen LogP contribution in [0.2, 0.25) is 0 Å². The van der Waals surface area contributed by atoms with Gasteiger partial charge in [0.2, 0.25) is 5.91 Å². The molecule has 0 spiro atoms. The van der Waals surface area contributed by atoms with Crippen LogP contribution in [0.5, 0.6) is 0 Å². The number of nitrogens with zero attached hydrogens (tertiary/aromatic N) is 1. The summed E-state index contributed by atoms with van der Waals surface area (Å²) in [5.74, 6) is -0.224. The van der Waals surface area contributed by atoms with Gasteiger partial charge in [-0.3, -0.25) is 14.9 Å². The fourth-order valence-corrected chi connectivity index (χ4v) is 1.71. The minimum atomic E-state index is -0.762. The second-order valence-electron chi connectivity index (χ2n) is 4.27. The Balaban J connectivity index is 2.04. The first-order valence-corrected chi connectivity index (χ1v) is 5.36. The third-order valence-electron chi connectivity index (χ3n) is 3.03. The molecule has 6 heteroatoms. The zero-order valence-electron chi connectivity index (χ0n) is 9.18. The summed E-state index contributed by atoms with van der Waals surface area (Å²) in [6.07, 6.45) is 2.34. The number of nitro groups is 1. The van der Waals surface area contributed by atoms with Crippen molar-refractivity contribution in [1.29, 1.82) is 0 Å². The van der Waals surface area contributed by atoms with Crippen molar-refractivity contribution in [3.05, 3.63) is 34.4 Å². The van der Waals surface area contributed by atoms with Gasteiger partial charge in [0.05, 0.1) is 10.5 Å². The monoisotopic (exact) mass is 235 g/mol. The predicted octanol–water partition coefficient (Wildman–Crippen LogP) is 1.41. The van der Waals surface area contributed by atoms with Crippen LogP contribution in [0.25, 0.3) is 0 Å². The number of hydrogen-bond acceptors (Lipinski definition) is 4. The number of amides is 1. The molecule has 1 aliphatic carbocycles. The number of nitrogens with one attached hydrogen (secondary N) is 1. The van der Waals surface area contributed by atoms with Crippen LogP contribution in [0.1, 0.15) is 19.3 Å². The Labute approximate surface area is 98.0 Å². The van der Waals surface area contributed by atoms with E-state index in [-0.39, 0.29) is 11.6 Å². The summed E-state index contributed by atoms with van der Waals surface area (Å²) >= 11 is 0. The van der Waals surface area contributed by atoms with Crippen LogP contribution < -0.4 is 11.1 Å². The van der Waals surface area contributed by atoms with Crippen LogP contribution in [0, 0.1) is 10.1 Å². The normalized spacial score (nSPS) is 17.0. The molecule has 6 nitrogen and oxygen atoms in total. The van der Waals surface area contributed by atoms with Gasteiger partial charge in [0.1, 0.15) is 0 Å². The fourth-order valence-electron chi connectivity index (χ4n) is 1.71. The standard InChI is InChI=1S/C11H13N3O3/c12-11(6-1-7-11)10(15)13-8-2-4-9(5-3-8)14(16)17/h2-5H,1,6-7,12H2,(H,13,15). The highest BCUT2D eigenvalue weighted by molar-refractivity contribution is 5.98. The molecule has 1 aliphatic rings. The number of carbonyl (C=O) groups excluding carboxylic acids is 1. The van der Waals surface area contributed by atoms with E-state index < -0.39 is 10.5 Å². The molecule has 0 atom stereocenters. The average Bonchev–Trinajstić information content (AvgIpc) is 2.26. The molecule has 0 aromatic heterocycles. The Morgan fingerprint density at radius 3 is 2.35 bits per heavy atom. The van der Waals surface area contributed by atoms with Crippen LogP contribution in [0.3, 0.4) is 0 Å². The average molecular weight is 235 g/mol. The number of hydrogen-bond donors (Lipinski definition) is 2. The molecule has 1 aromatic carbocycles. The molecule has 0 unspecified atom stereocenters. The number of non-ortho nitro benzene ring substituents is 1. The van der Waals surface area contributed by atoms with E-state index >= 15 is 0 Å². The van der Waals surface area contributed by atoms with Crippen LogP contribution in [0.15, 0.2) is 24.3 Å². The molecule has 17 heavy (non-hydrogen) atoms. The molecular formula is C11H13N3O3. The van der Waals surface area contributed by atoms with Crippen LogP contribution in [-0.2, 0) is 4.79 Å². The van der Waals surface area contributed by atoms with Crippen LogP contribution in [0.4, 0.5) is 11.4 Å². The lowest BCUT2D eigenvalue weighted by Gasteiger charge is -2.36. The van der Waals surface area contributed by atoms with E-state index in [2.05, 4.69) is 5.32 Å². The van der Waals surface area contributed by atoms with Gasteiger partial charge in [0.25, 0.3) is 5.69 Å². The summed E-state index contributed by atoms with van der Waals surface area (Å²) in [6, 6.07) is 5.69. The van der Waals surface area contributed by atoms with Crippen molar-refractivity contribution in [2.45, 2.75) is 24.8 Å². The largest absolute Gasteiger partial charge is 0.324 e. The summed E-state index contributed by atoms with van der Waals surface area (Å²) in [5.41, 5.74) is 5.61. The molecule has 90 valence electrons. The maximum atomic E-state index is 11.8. The highest BCUT2D eigenvalue weighted by Gasteiger charge is 2.40. The molecule has 2 rings (SSSR count). The van der Waals surface area contributed by atoms with Crippen molar-refractivity contribution in [1.82, 2.24) is 0 Å². The first-order valence-electron chi connectivity index (χ1n) is 5.36. The first-order chi connectivity index (χ1) is 8.01. The SMILES string of the molecule is NC1(C(=O)Nc2ccc([N+](=O)[O-])cc2)CCC1. The Kier molecular flexibility index (Phi) is 2.81. The Morgan fingerprint density at radius 2 is 1.94 bits per heavy atom. The van der Waals surface area contributed by atoms with Crippen molar-refractivity contribution in [2.24, 2.45) is 5.73 Å². The molecule has 1 saturated carbocycles. The molecule has 0 radical (unpaired) electrons. The highest BCUT2D eigenvalue weighted by Crippen LogP contribution is 2.30. The van der Waals surface area contributed by atoms with Crippen molar-refractivity contribution in [2.75, 3.05) is 5.32 Å². The predicted molar refractivity (Wildman–Crippen MR) is 62.5 cm³/mol. The number of nitrogens with two attached hydrogens (primary N) is 1. The van der Waals surface area contributed by atoms with Gasteiger partial charge in [-0.25, -0.2) is 0 Å². The lowest BCUT2D eigenvalue weighted by atomic mass is 9.77. The molecule has 0 heterocycles. The van der Waals surface area contributed by atoms with E-state index in [0.29, 0.717) is 18.5 Å². The van der Waals surface area contributed by atoms with E-state index in [1.54, 1.807) is 0 Å². The Hall–Kier alpha value is -1.95. The zero-order valence-corrected chi connectivity index (χ0v) is 9.18. The fraction of sp³-hybridized carbons (Fsp3) is 0.364. The molecule has 1 fully saturated rings. The van der Waals surface area contributed by atoms with E-state index in [0.717, 1.165) is 6.42 Å². The lowest BCUT2D eigenvalue weighted by Crippen LogP contribution is -2.56. The first kappa shape index (κ1) is 11.5. The second-order valence-corrected chi connectivity index (χ2v) is 4.27. The maximum absolute atomic E-state index is 11.8. The summed E-state index contributed by atoms with van der Waals surface area (Å²) in [4.78, 5) is 21.7. The molecule has 0 aliphatic heterocycles. The van der Waals surface area contributed by atoms with Crippen molar-refractivity contribution in [3.8, 4) is 0 Å². The van der Waals surface area contributed by atoms with Crippen LogP contribution >= 0.6 is 0 Å². The van der Waals surface area contributed by atoms with E-state index in [1.807, 2.05) is 0 Å². The summed E-state index contributed by atoms with van der Waals surface area (Å²) < 4.78 is 0. The third-order valence-corrected chi connectivity index (χ3v) is 3.03. The molecule has 1 aromatic rings. The third kappa shape index (κ3) is 2.26. The molecule has 0 saturated heterocycles. The van der Waals surface area contributed by atoms with Gasteiger partial charge in [0, 0.05) is 17.8 Å². The number of benzene rings is 1. The summed E-state index contributed by atoms with van der Waals surface area (Å²) in [5, 5.41) is 13.1. The number of anilines is 1. The van der Waals surface area contributed by atoms with Crippen molar-refractivity contribution < 1.29 is 9.72 Å². The number of nitro benzene ring substituents is 1. The van der Waals surface area contributed by atoms with Gasteiger partial charge in [0.15, 0.2) is 0 Å². The van der Waals surface area contributed by atoms with Gasteiger partial charge >= 0.3 is 0 Å². The Morgan fingerprint density at radius 1 is 1.35 bits per heavy atom. The Bertz CT molecular complexity index is 452. The van der Waals surface area contributed by atoms with Gasteiger partial charge in [-0.05, 0) is 31.4 Å². The summed E-state index contributed by atoms with van der Waals surface area (Å²) in [7, 11) is 0. The van der Waals surface area contributed by atoms with E-state index in [9.17, 15) is 14.9 Å². The summed E-state index contributed by atoms with van der Waals surface area (Å²) in [6.45, 7) is 0. The lowest BCUT2D eigenvalue weighted by molar-refractivity contribution is -0.384. The van der Waals surface area contributed by atoms with E-state index in [4.69, 9.17) is 5.73 Å². The van der Waals surface area contributed by atoms with Crippen molar-refractivity contribution in [3.63, 3.8) is 0 Å².